The summed E-state index contributed by atoms with van der Waals surface area (Å²) >= 11 is 0. The molecule has 138 valence electrons. The number of likely N-dealkylation sites (tertiary alicyclic amines) is 1. The molecule has 5 nitrogen and oxygen atoms in total. The fourth-order valence-electron chi connectivity index (χ4n) is 3.27. The maximum Gasteiger partial charge on any atom is 0.320 e. The fourth-order valence-corrected chi connectivity index (χ4v) is 3.27. The number of hydrogen-bond donors (Lipinski definition) is 1. The van der Waals surface area contributed by atoms with Gasteiger partial charge in [0.2, 0.25) is 0 Å². The Balaban J connectivity index is 1.55. The first-order chi connectivity index (χ1) is 12.7. The molecule has 1 unspecified atom stereocenters. The van der Waals surface area contributed by atoms with Crippen molar-refractivity contribution in [3.63, 3.8) is 0 Å². The number of carboxylic acids is 1. The Morgan fingerprint density at radius 2 is 1.69 bits per heavy atom. The molecule has 0 aliphatic carbocycles. The smallest absolute Gasteiger partial charge is 0.320 e. The number of piperidine rings is 1. The highest BCUT2D eigenvalue weighted by Gasteiger charge is 2.28. The summed E-state index contributed by atoms with van der Waals surface area (Å²) < 4.78 is 11.0. The first-order valence-electron chi connectivity index (χ1n) is 8.97. The van der Waals surface area contributed by atoms with E-state index in [9.17, 15) is 9.90 Å². The quantitative estimate of drug-likeness (QED) is 0.820. The molecule has 1 aliphatic rings. The molecule has 2 aromatic carbocycles. The Hall–Kier alpha value is -2.53. The minimum atomic E-state index is -0.718. The van der Waals surface area contributed by atoms with Gasteiger partial charge in [0.25, 0.3) is 0 Å². The molecule has 1 fully saturated rings. The number of methoxy groups -OCH3 is 1. The number of aliphatic carboxylic acids is 1. The number of rotatable bonds is 7. The largest absolute Gasteiger partial charge is 0.497 e. The van der Waals surface area contributed by atoms with E-state index in [4.69, 9.17) is 9.47 Å². The first-order valence-corrected chi connectivity index (χ1v) is 8.97. The van der Waals surface area contributed by atoms with Crippen LogP contribution in [0.5, 0.6) is 11.5 Å². The molecule has 0 aromatic heterocycles. The standard InChI is InChI=1S/C21H25NO4/c1-25-18-9-7-17(8-10-18)15-26-19-11-5-16(6-12-19)14-22-13-3-2-4-20(22)21(23)24/h5-12,20H,2-4,13-15H2,1H3,(H,23,24). The molecule has 0 bridgehead atoms. The van der Waals surface area contributed by atoms with Crippen LogP contribution in [0.1, 0.15) is 30.4 Å². The Labute approximate surface area is 154 Å². The van der Waals surface area contributed by atoms with E-state index in [2.05, 4.69) is 4.90 Å². The third-order valence-corrected chi connectivity index (χ3v) is 4.77. The second-order valence-electron chi connectivity index (χ2n) is 6.60. The van der Waals surface area contributed by atoms with Crippen molar-refractivity contribution < 1.29 is 19.4 Å². The van der Waals surface area contributed by atoms with Gasteiger partial charge in [-0.2, -0.15) is 0 Å². The zero-order valence-corrected chi connectivity index (χ0v) is 15.1. The Kier molecular flexibility index (Phi) is 6.12. The zero-order chi connectivity index (χ0) is 18.4. The molecule has 0 amide bonds. The predicted molar refractivity (Wildman–Crippen MR) is 99.5 cm³/mol. The van der Waals surface area contributed by atoms with Crippen molar-refractivity contribution in [2.45, 2.75) is 38.5 Å². The summed E-state index contributed by atoms with van der Waals surface area (Å²) in [5.74, 6) is 0.914. The molecule has 0 radical (unpaired) electrons. The second-order valence-corrected chi connectivity index (χ2v) is 6.60. The van der Waals surface area contributed by atoms with E-state index in [1.807, 2.05) is 48.5 Å². The molecule has 1 saturated heterocycles. The van der Waals surface area contributed by atoms with Crippen molar-refractivity contribution in [1.29, 1.82) is 0 Å². The molecule has 3 rings (SSSR count). The lowest BCUT2D eigenvalue weighted by Gasteiger charge is -2.32. The molecule has 0 saturated carbocycles. The van der Waals surface area contributed by atoms with Gasteiger partial charge < -0.3 is 14.6 Å². The molecule has 1 heterocycles. The van der Waals surface area contributed by atoms with Crippen molar-refractivity contribution in [2.24, 2.45) is 0 Å². The van der Waals surface area contributed by atoms with Crippen LogP contribution in [-0.4, -0.2) is 35.7 Å². The van der Waals surface area contributed by atoms with Crippen LogP contribution in [0.2, 0.25) is 0 Å². The van der Waals surface area contributed by atoms with Gasteiger partial charge in [-0.3, -0.25) is 9.69 Å². The minimum absolute atomic E-state index is 0.366. The molecule has 1 N–H and O–H groups in total. The van der Waals surface area contributed by atoms with Gasteiger partial charge >= 0.3 is 5.97 Å². The molecule has 5 heteroatoms. The SMILES string of the molecule is COc1ccc(COc2ccc(CN3CCCCC3C(=O)O)cc2)cc1. The highest BCUT2D eigenvalue weighted by atomic mass is 16.5. The molecule has 0 spiro atoms. The molecule has 2 aromatic rings. The first kappa shape index (κ1) is 18.3. The highest BCUT2D eigenvalue weighted by molar-refractivity contribution is 5.73. The van der Waals surface area contributed by atoms with Crippen molar-refractivity contribution >= 4 is 5.97 Å². The summed E-state index contributed by atoms with van der Waals surface area (Å²) in [4.78, 5) is 13.5. The lowest BCUT2D eigenvalue weighted by molar-refractivity contribution is -0.144. The van der Waals surface area contributed by atoms with Crippen LogP contribution in [0, 0.1) is 0 Å². The van der Waals surface area contributed by atoms with Gasteiger partial charge in [-0.15, -0.1) is 0 Å². The lowest BCUT2D eigenvalue weighted by Crippen LogP contribution is -2.43. The lowest BCUT2D eigenvalue weighted by atomic mass is 10.0. The van der Waals surface area contributed by atoms with Crippen LogP contribution >= 0.6 is 0 Å². The maximum atomic E-state index is 11.4. The third-order valence-electron chi connectivity index (χ3n) is 4.77. The average molecular weight is 355 g/mol. The van der Waals surface area contributed by atoms with E-state index in [1.54, 1.807) is 7.11 Å². The van der Waals surface area contributed by atoms with Crippen molar-refractivity contribution in [3.8, 4) is 11.5 Å². The van der Waals surface area contributed by atoms with Crippen LogP contribution in [0.15, 0.2) is 48.5 Å². The monoisotopic (exact) mass is 355 g/mol. The highest BCUT2D eigenvalue weighted by Crippen LogP contribution is 2.22. The van der Waals surface area contributed by atoms with Gasteiger partial charge in [0.1, 0.15) is 24.1 Å². The van der Waals surface area contributed by atoms with Gasteiger partial charge in [-0.05, 0) is 54.8 Å². The predicted octanol–water partition coefficient (Wildman–Crippen LogP) is 3.71. The summed E-state index contributed by atoms with van der Waals surface area (Å²) in [7, 11) is 1.65. The van der Waals surface area contributed by atoms with E-state index in [-0.39, 0.29) is 6.04 Å². The molecular weight excluding hydrogens is 330 g/mol. The second kappa shape index (κ2) is 8.72. The topological polar surface area (TPSA) is 59.0 Å². The Morgan fingerprint density at radius 3 is 2.35 bits per heavy atom. The van der Waals surface area contributed by atoms with Gasteiger partial charge in [0, 0.05) is 6.54 Å². The van der Waals surface area contributed by atoms with Crippen LogP contribution < -0.4 is 9.47 Å². The zero-order valence-electron chi connectivity index (χ0n) is 15.1. The summed E-state index contributed by atoms with van der Waals surface area (Å²) in [6.45, 7) is 2.00. The number of benzene rings is 2. The maximum absolute atomic E-state index is 11.4. The van der Waals surface area contributed by atoms with Crippen molar-refractivity contribution in [2.75, 3.05) is 13.7 Å². The van der Waals surface area contributed by atoms with Gasteiger partial charge in [-0.25, -0.2) is 0 Å². The summed E-state index contributed by atoms with van der Waals surface area (Å²) in [6, 6.07) is 15.3. The Morgan fingerprint density at radius 1 is 1.04 bits per heavy atom. The molecular formula is C21H25NO4. The number of hydrogen-bond acceptors (Lipinski definition) is 4. The van der Waals surface area contributed by atoms with Crippen LogP contribution in [0.4, 0.5) is 0 Å². The van der Waals surface area contributed by atoms with Crippen molar-refractivity contribution in [3.05, 3.63) is 59.7 Å². The van der Waals surface area contributed by atoms with Crippen LogP contribution in [0.25, 0.3) is 0 Å². The normalized spacial score (nSPS) is 17.7. The fraction of sp³-hybridized carbons (Fsp3) is 0.381. The van der Waals surface area contributed by atoms with Crippen LogP contribution in [-0.2, 0) is 17.9 Å². The van der Waals surface area contributed by atoms with E-state index in [0.717, 1.165) is 48.4 Å². The summed E-state index contributed by atoms with van der Waals surface area (Å²) in [5.41, 5.74) is 2.18. The van der Waals surface area contributed by atoms with E-state index < -0.39 is 5.97 Å². The van der Waals surface area contributed by atoms with Gasteiger partial charge in [-0.1, -0.05) is 30.7 Å². The number of carbonyl (C=O) groups is 1. The summed E-state index contributed by atoms with van der Waals surface area (Å²) in [6.07, 6.45) is 2.79. The van der Waals surface area contributed by atoms with Crippen LogP contribution in [0.3, 0.4) is 0 Å². The molecule has 26 heavy (non-hydrogen) atoms. The average Bonchev–Trinajstić information content (AvgIpc) is 2.68. The third kappa shape index (κ3) is 4.76. The van der Waals surface area contributed by atoms with E-state index >= 15 is 0 Å². The Bertz CT molecular complexity index is 712. The number of ether oxygens (including phenoxy) is 2. The summed E-state index contributed by atoms with van der Waals surface area (Å²) in [5, 5.41) is 9.37. The minimum Gasteiger partial charge on any atom is -0.497 e. The van der Waals surface area contributed by atoms with Crippen molar-refractivity contribution in [1.82, 2.24) is 4.90 Å². The van der Waals surface area contributed by atoms with Gasteiger partial charge in [0.05, 0.1) is 7.11 Å². The number of carboxylic acid groups (broad SMARTS) is 1. The molecule has 1 aliphatic heterocycles. The van der Waals surface area contributed by atoms with E-state index in [1.165, 1.54) is 0 Å². The van der Waals surface area contributed by atoms with E-state index in [0.29, 0.717) is 13.2 Å². The molecule has 1 atom stereocenters. The number of nitrogens with zero attached hydrogens (tertiary/aromatic N) is 1. The van der Waals surface area contributed by atoms with Gasteiger partial charge in [0.15, 0.2) is 0 Å².